The summed E-state index contributed by atoms with van der Waals surface area (Å²) in [7, 11) is -1.84. The van der Waals surface area contributed by atoms with Gasteiger partial charge in [-0.25, -0.2) is 0 Å². The molecule has 4 rings (SSSR count). The molecular weight excluding hydrogens is 466 g/mol. The molecule has 1 heterocycles. The summed E-state index contributed by atoms with van der Waals surface area (Å²) in [4.78, 5) is 0. The van der Waals surface area contributed by atoms with Crippen molar-refractivity contribution in [1.82, 2.24) is 5.32 Å². The van der Waals surface area contributed by atoms with Gasteiger partial charge >= 0.3 is 0 Å². The number of hydrogen-bond acceptors (Lipinski definition) is 5. The van der Waals surface area contributed by atoms with Crippen molar-refractivity contribution >= 4 is 8.32 Å². The van der Waals surface area contributed by atoms with E-state index < -0.39 is 8.32 Å². The third-order valence-electron chi connectivity index (χ3n) is 11.5. The summed E-state index contributed by atoms with van der Waals surface area (Å²) in [6.07, 6.45) is 7.26. The maximum Gasteiger partial charge on any atom is 0.192 e. The zero-order valence-corrected chi connectivity index (χ0v) is 25.9. The normalized spacial score (nSPS) is 41.2. The van der Waals surface area contributed by atoms with Crippen LogP contribution in [0.1, 0.15) is 93.4 Å². The lowest BCUT2D eigenvalue weighted by Gasteiger charge is -2.57. The van der Waals surface area contributed by atoms with Gasteiger partial charge in [-0.3, -0.25) is 0 Å². The van der Waals surface area contributed by atoms with E-state index in [1.165, 1.54) is 6.42 Å². The van der Waals surface area contributed by atoms with Gasteiger partial charge in [0, 0.05) is 17.9 Å². The van der Waals surface area contributed by atoms with Crippen LogP contribution in [0.5, 0.6) is 0 Å². The minimum absolute atomic E-state index is 0.0635. The Morgan fingerprint density at radius 2 is 1.64 bits per heavy atom. The Morgan fingerprint density at radius 3 is 2.22 bits per heavy atom. The summed E-state index contributed by atoms with van der Waals surface area (Å²) in [5.74, 6) is 1.87. The van der Waals surface area contributed by atoms with E-state index >= 15 is 0 Å². The molecule has 1 spiro atoms. The quantitative estimate of drug-likeness (QED) is 0.380. The molecule has 0 aromatic heterocycles. The molecule has 36 heavy (non-hydrogen) atoms. The van der Waals surface area contributed by atoms with Crippen LogP contribution in [0.3, 0.4) is 0 Å². The van der Waals surface area contributed by atoms with Crippen LogP contribution < -0.4 is 5.32 Å². The molecule has 2 unspecified atom stereocenters. The molecule has 1 aliphatic heterocycles. The Kier molecular flexibility index (Phi) is 8.22. The molecule has 7 atom stereocenters. The van der Waals surface area contributed by atoms with Gasteiger partial charge in [0.05, 0.1) is 19.3 Å². The van der Waals surface area contributed by atoms with Crippen molar-refractivity contribution in [3.05, 3.63) is 0 Å². The van der Waals surface area contributed by atoms with Crippen molar-refractivity contribution in [3.8, 4) is 0 Å². The number of hydrogen-bond donors (Lipinski definition) is 2. The van der Waals surface area contributed by atoms with Crippen LogP contribution in [0.4, 0.5) is 0 Å². The van der Waals surface area contributed by atoms with Gasteiger partial charge in [-0.15, -0.1) is 0 Å². The number of rotatable bonds is 7. The van der Waals surface area contributed by atoms with Crippen LogP contribution in [0.25, 0.3) is 0 Å². The van der Waals surface area contributed by atoms with Crippen LogP contribution in [-0.4, -0.2) is 57.7 Å². The molecule has 4 fully saturated rings. The highest BCUT2D eigenvalue weighted by atomic mass is 28.4. The Hall–Kier alpha value is 0.0169. The first-order valence-electron chi connectivity index (χ1n) is 15.0. The Morgan fingerprint density at radius 1 is 1.00 bits per heavy atom. The van der Waals surface area contributed by atoms with E-state index in [1.54, 1.807) is 0 Å². The highest BCUT2D eigenvalue weighted by Gasteiger charge is 2.66. The molecule has 0 amide bonds. The summed E-state index contributed by atoms with van der Waals surface area (Å²) in [6.45, 7) is 24.6. The molecule has 5 nitrogen and oxygen atoms in total. The molecule has 4 aliphatic rings. The van der Waals surface area contributed by atoms with E-state index in [4.69, 9.17) is 13.9 Å². The Balaban J connectivity index is 1.53. The Labute approximate surface area is 222 Å². The SMILES string of the molecule is CC(C)CNC[C@H]1C2CCC3(OCCO3)[C@@]2(C)CCC1[C@@]1(C)CC[C@H](O[Si](C)(C)C(C)(C)C)C[C@@H]1O. The fraction of sp³-hybridized carbons (Fsp3) is 1.00. The molecule has 0 radical (unpaired) electrons. The van der Waals surface area contributed by atoms with E-state index in [2.05, 4.69) is 66.9 Å². The van der Waals surface area contributed by atoms with Gasteiger partial charge in [0.25, 0.3) is 0 Å². The topological polar surface area (TPSA) is 60.0 Å². The molecule has 3 saturated carbocycles. The predicted octanol–water partition coefficient (Wildman–Crippen LogP) is 6.36. The molecule has 210 valence electrons. The number of fused-ring (bicyclic) bond motifs is 2. The van der Waals surface area contributed by atoms with Crippen LogP contribution in [-0.2, 0) is 13.9 Å². The van der Waals surface area contributed by atoms with E-state index in [9.17, 15) is 5.11 Å². The third kappa shape index (κ3) is 5.01. The van der Waals surface area contributed by atoms with Crippen molar-refractivity contribution in [1.29, 1.82) is 0 Å². The monoisotopic (exact) mass is 523 g/mol. The van der Waals surface area contributed by atoms with Crippen LogP contribution in [0.2, 0.25) is 18.1 Å². The number of aliphatic hydroxyl groups is 1. The second kappa shape index (κ2) is 10.2. The predicted molar refractivity (Wildman–Crippen MR) is 149 cm³/mol. The van der Waals surface area contributed by atoms with E-state index in [1.807, 2.05) is 0 Å². The van der Waals surface area contributed by atoms with Crippen molar-refractivity contribution in [3.63, 3.8) is 0 Å². The lowest BCUT2D eigenvalue weighted by Crippen LogP contribution is -2.58. The first kappa shape index (κ1) is 29.0. The number of nitrogens with one attached hydrogen (secondary N) is 1. The molecular formula is C30H57NO4Si. The standard InChI is InChI=1S/C30H57NO4Si/c1-21(2)19-31-20-23-24(11-14-29(7)25(23)12-15-30(29)33-16-17-34-30)28(6)13-10-22(18-26(28)32)35-36(8,9)27(3,4)5/h21-26,31-32H,10-20H2,1-9H3/t22-,23+,24?,25?,26-,28+,29-/m0/s1. The summed E-state index contributed by atoms with van der Waals surface area (Å²) >= 11 is 0. The van der Waals surface area contributed by atoms with Crippen molar-refractivity contribution in [2.45, 2.75) is 130 Å². The smallest absolute Gasteiger partial charge is 0.192 e. The average molecular weight is 524 g/mol. The van der Waals surface area contributed by atoms with Gasteiger partial charge < -0.3 is 24.3 Å². The second-order valence-electron chi connectivity index (χ2n) is 15.2. The van der Waals surface area contributed by atoms with Crippen molar-refractivity contribution < 1.29 is 19.0 Å². The van der Waals surface area contributed by atoms with Gasteiger partial charge in [-0.2, -0.15) is 0 Å². The lowest BCUT2D eigenvalue weighted by molar-refractivity contribution is -0.244. The summed E-state index contributed by atoms with van der Waals surface area (Å²) < 4.78 is 19.5. The van der Waals surface area contributed by atoms with Crippen LogP contribution in [0.15, 0.2) is 0 Å². The van der Waals surface area contributed by atoms with Crippen LogP contribution in [0, 0.1) is 34.5 Å². The summed E-state index contributed by atoms with van der Waals surface area (Å²) in [5, 5.41) is 15.8. The molecule has 1 saturated heterocycles. The minimum atomic E-state index is -1.84. The summed E-state index contributed by atoms with van der Waals surface area (Å²) in [6, 6.07) is 0. The molecule has 0 aromatic carbocycles. The first-order valence-corrected chi connectivity index (χ1v) is 17.9. The Bertz CT molecular complexity index is 761. The van der Waals surface area contributed by atoms with Crippen molar-refractivity contribution in [2.24, 2.45) is 34.5 Å². The zero-order chi connectivity index (χ0) is 26.6. The zero-order valence-electron chi connectivity index (χ0n) is 24.9. The molecule has 6 heteroatoms. The van der Waals surface area contributed by atoms with Gasteiger partial charge in [-0.1, -0.05) is 48.5 Å². The number of aliphatic hydroxyl groups excluding tert-OH is 1. The molecule has 0 bridgehead atoms. The fourth-order valence-corrected chi connectivity index (χ4v) is 9.62. The molecule has 3 aliphatic carbocycles. The van der Waals surface area contributed by atoms with Gasteiger partial charge in [-0.05, 0) is 98.8 Å². The maximum atomic E-state index is 11.8. The lowest BCUT2D eigenvalue weighted by atomic mass is 9.50. The van der Waals surface area contributed by atoms with Gasteiger partial charge in [0.1, 0.15) is 0 Å². The molecule has 0 aromatic rings. The van der Waals surface area contributed by atoms with Gasteiger partial charge in [0.15, 0.2) is 14.1 Å². The highest BCUT2D eigenvalue weighted by Crippen LogP contribution is 2.66. The fourth-order valence-electron chi connectivity index (χ4n) is 8.22. The first-order chi connectivity index (χ1) is 16.7. The van der Waals surface area contributed by atoms with Gasteiger partial charge in [0.2, 0.25) is 0 Å². The highest BCUT2D eigenvalue weighted by molar-refractivity contribution is 6.74. The largest absolute Gasteiger partial charge is 0.414 e. The number of ether oxygens (including phenoxy) is 2. The third-order valence-corrected chi connectivity index (χ3v) is 16.1. The van der Waals surface area contributed by atoms with E-state index in [0.29, 0.717) is 23.7 Å². The minimum Gasteiger partial charge on any atom is -0.414 e. The molecule has 2 N–H and O–H groups in total. The van der Waals surface area contributed by atoms with Crippen LogP contribution >= 0.6 is 0 Å². The van der Waals surface area contributed by atoms with E-state index in [0.717, 1.165) is 64.8 Å². The second-order valence-corrected chi connectivity index (χ2v) is 19.9. The van der Waals surface area contributed by atoms with E-state index in [-0.39, 0.29) is 33.9 Å². The summed E-state index contributed by atoms with van der Waals surface area (Å²) in [5.41, 5.74) is 0.0000769. The van der Waals surface area contributed by atoms with Crippen molar-refractivity contribution in [2.75, 3.05) is 26.3 Å². The maximum absolute atomic E-state index is 11.8. The average Bonchev–Trinajstić information content (AvgIpc) is 3.36.